The molecular weight excluding hydrogens is 410 g/mol. The number of phenolic OH excluding ortho intramolecular Hbond substituents is 1. The first kappa shape index (κ1) is 22.2. The molecule has 1 heterocycles. The van der Waals surface area contributed by atoms with Gasteiger partial charge in [-0.1, -0.05) is 24.8 Å². The molecule has 3 rings (SSSR count). The topological polar surface area (TPSA) is 89.8 Å². The molecule has 0 bridgehead atoms. The normalized spacial score (nSPS) is 11.9. The van der Waals surface area contributed by atoms with Crippen molar-refractivity contribution in [2.24, 2.45) is 17.8 Å². The monoisotopic (exact) mass is 435 g/mol. The van der Waals surface area contributed by atoms with Crippen molar-refractivity contribution in [1.29, 1.82) is 0 Å². The van der Waals surface area contributed by atoms with Crippen LogP contribution in [0, 0.1) is 0 Å². The van der Waals surface area contributed by atoms with Crippen LogP contribution in [0.25, 0.3) is 16.5 Å². The third-order valence-corrected chi connectivity index (χ3v) is 5.87. The average Bonchev–Trinajstić information content (AvgIpc) is 3.04. The van der Waals surface area contributed by atoms with E-state index in [0.717, 1.165) is 16.1 Å². The lowest BCUT2D eigenvalue weighted by molar-refractivity contribution is 0.0527. The lowest BCUT2D eigenvalue weighted by Crippen LogP contribution is -2.08. The summed E-state index contributed by atoms with van der Waals surface area (Å²) >= 11 is 1.63. The second kappa shape index (κ2) is 10.0. The number of aromatic hydroxyl groups is 1. The van der Waals surface area contributed by atoms with Crippen molar-refractivity contribution < 1.29 is 14.6 Å². The summed E-state index contributed by atoms with van der Waals surface area (Å²) in [6.45, 7) is 5.60. The van der Waals surface area contributed by atoms with E-state index in [-0.39, 0.29) is 12.4 Å². The number of allylic oxidation sites excluding steroid dienone is 1. The minimum absolute atomic E-state index is 0.00174. The van der Waals surface area contributed by atoms with Crippen molar-refractivity contribution in [3.8, 4) is 5.75 Å². The Morgan fingerprint density at radius 2 is 2.06 bits per heavy atom. The number of nitrogens with two attached hydrogens (primary N) is 1. The number of rotatable bonds is 8. The lowest BCUT2D eigenvalue weighted by Gasteiger charge is -2.08. The molecule has 7 heteroatoms. The van der Waals surface area contributed by atoms with E-state index in [2.05, 4.69) is 11.6 Å². The van der Waals surface area contributed by atoms with Crippen molar-refractivity contribution in [2.75, 3.05) is 6.61 Å². The second-order valence-electron chi connectivity index (χ2n) is 6.67. The van der Waals surface area contributed by atoms with Gasteiger partial charge in [-0.15, -0.1) is 11.8 Å². The van der Waals surface area contributed by atoms with E-state index in [1.165, 1.54) is 18.6 Å². The van der Waals surface area contributed by atoms with Crippen LogP contribution in [0.1, 0.15) is 28.5 Å². The largest absolute Gasteiger partial charge is 0.507 e. The van der Waals surface area contributed by atoms with Crippen LogP contribution in [0.2, 0.25) is 0 Å². The minimum Gasteiger partial charge on any atom is -0.507 e. The molecule has 0 saturated heterocycles. The summed E-state index contributed by atoms with van der Waals surface area (Å²) in [6.07, 6.45) is 4.28. The molecule has 160 valence electrons. The number of aromatic nitrogens is 1. The first-order chi connectivity index (χ1) is 15.0. The Balaban J connectivity index is 2.16. The van der Waals surface area contributed by atoms with Gasteiger partial charge >= 0.3 is 5.97 Å². The van der Waals surface area contributed by atoms with E-state index in [4.69, 9.17) is 10.5 Å². The molecular formula is C24H25N3O3S. The van der Waals surface area contributed by atoms with Gasteiger partial charge in [0, 0.05) is 64.0 Å². The molecule has 3 aromatic rings. The Morgan fingerprint density at radius 1 is 1.32 bits per heavy atom. The van der Waals surface area contributed by atoms with Gasteiger partial charge in [0.15, 0.2) is 0 Å². The lowest BCUT2D eigenvalue weighted by atomic mass is 10.0. The van der Waals surface area contributed by atoms with Crippen molar-refractivity contribution in [3.05, 3.63) is 78.3 Å². The van der Waals surface area contributed by atoms with Crippen LogP contribution in [-0.4, -0.2) is 28.5 Å². The summed E-state index contributed by atoms with van der Waals surface area (Å²) in [5.41, 5.74) is 8.86. The molecule has 0 saturated carbocycles. The third-order valence-electron chi connectivity index (χ3n) is 4.85. The van der Waals surface area contributed by atoms with Crippen LogP contribution in [-0.2, 0) is 17.5 Å². The molecule has 0 radical (unpaired) electrons. The van der Waals surface area contributed by atoms with Gasteiger partial charge < -0.3 is 20.1 Å². The highest BCUT2D eigenvalue weighted by Gasteiger charge is 2.24. The maximum atomic E-state index is 12.8. The van der Waals surface area contributed by atoms with Crippen LogP contribution >= 0.6 is 11.8 Å². The van der Waals surface area contributed by atoms with E-state index in [9.17, 15) is 9.90 Å². The van der Waals surface area contributed by atoms with Crippen LogP contribution in [0.5, 0.6) is 5.75 Å². The maximum absolute atomic E-state index is 12.8. The Kier molecular flexibility index (Phi) is 7.20. The van der Waals surface area contributed by atoms with Crippen LogP contribution in [0.3, 0.4) is 0 Å². The molecule has 0 spiro atoms. The molecule has 0 aliphatic rings. The number of aryl methyl sites for hydroxylation is 1. The molecule has 6 nitrogen and oxygen atoms in total. The summed E-state index contributed by atoms with van der Waals surface area (Å²) < 4.78 is 7.28. The van der Waals surface area contributed by atoms with Crippen LogP contribution < -0.4 is 5.73 Å². The van der Waals surface area contributed by atoms with E-state index >= 15 is 0 Å². The number of fused-ring (bicyclic) bond motifs is 1. The zero-order valence-electron chi connectivity index (χ0n) is 17.5. The van der Waals surface area contributed by atoms with E-state index in [0.29, 0.717) is 27.8 Å². The number of ether oxygens (including phenoxy) is 1. The summed E-state index contributed by atoms with van der Waals surface area (Å²) in [6, 6.07) is 13.4. The van der Waals surface area contributed by atoms with Crippen molar-refractivity contribution in [2.45, 2.75) is 17.6 Å². The number of nitrogens with zero attached hydrogens (tertiary/aromatic N) is 2. The van der Waals surface area contributed by atoms with Crippen LogP contribution in [0.4, 0.5) is 0 Å². The highest BCUT2D eigenvalue weighted by Crippen LogP contribution is 2.36. The highest BCUT2D eigenvalue weighted by molar-refractivity contribution is 7.98. The van der Waals surface area contributed by atoms with Crippen molar-refractivity contribution >= 4 is 40.4 Å². The highest BCUT2D eigenvalue weighted by atomic mass is 32.2. The van der Waals surface area contributed by atoms with Crippen LogP contribution in [0.15, 0.2) is 71.3 Å². The van der Waals surface area contributed by atoms with Gasteiger partial charge in [-0.05, 0) is 31.2 Å². The summed E-state index contributed by atoms with van der Waals surface area (Å²) in [4.78, 5) is 17.9. The third kappa shape index (κ3) is 4.67. The number of carbonyl (C=O) groups excluding carboxylic acids is 1. The Labute approximate surface area is 185 Å². The van der Waals surface area contributed by atoms with Gasteiger partial charge in [0.1, 0.15) is 5.75 Å². The predicted molar refractivity (Wildman–Crippen MR) is 127 cm³/mol. The average molecular weight is 436 g/mol. The zero-order valence-corrected chi connectivity index (χ0v) is 18.4. The number of phenols is 1. The fourth-order valence-corrected chi connectivity index (χ4v) is 4.35. The number of aliphatic imine (C=N–C) groups is 1. The molecule has 2 aromatic carbocycles. The number of thioether (sulfide) groups is 1. The van der Waals surface area contributed by atoms with Gasteiger partial charge in [-0.2, -0.15) is 0 Å². The number of carbonyl (C=O) groups is 1. The standard InChI is InChI=1S/C24H25N3O3S/c1-4-26-14-16(13-25)18-11-20-19(12-22(18)28)23(24(29)30-5-2)21(27(20)3)15-31-17-9-7-6-8-10-17/h4,6-14,28H,1,5,15,25H2,2-3H3/b16-13+,26-14?. The molecule has 0 unspecified atom stereocenters. The summed E-state index contributed by atoms with van der Waals surface area (Å²) in [5, 5.41) is 11.3. The number of hydrogen-bond donors (Lipinski definition) is 2. The van der Waals surface area contributed by atoms with E-state index in [1.54, 1.807) is 30.8 Å². The number of esters is 1. The van der Waals surface area contributed by atoms with Gasteiger partial charge in [-0.25, -0.2) is 4.79 Å². The smallest absolute Gasteiger partial charge is 0.340 e. The maximum Gasteiger partial charge on any atom is 0.340 e. The quantitative estimate of drug-likeness (QED) is 0.299. The van der Waals surface area contributed by atoms with Gasteiger partial charge in [-0.3, -0.25) is 4.99 Å². The molecule has 31 heavy (non-hydrogen) atoms. The molecule has 0 aliphatic heterocycles. The first-order valence-electron chi connectivity index (χ1n) is 9.77. The molecule has 1 aromatic heterocycles. The number of benzene rings is 2. The molecule has 3 N–H and O–H groups in total. The van der Waals surface area contributed by atoms with E-state index in [1.807, 2.05) is 41.9 Å². The minimum atomic E-state index is -0.410. The summed E-state index contributed by atoms with van der Waals surface area (Å²) in [7, 11) is 1.90. The predicted octanol–water partition coefficient (Wildman–Crippen LogP) is 4.87. The number of hydrogen-bond acceptors (Lipinski definition) is 6. The Bertz CT molecular complexity index is 1160. The Morgan fingerprint density at radius 3 is 2.71 bits per heavy atom. The van der Waals surface area contributed by atoms with Gasteiger partial charge in [0.2, 0.25) is 0 Å². The van der Waals surface area contributed by atoms with E-state index < -0.39 is 5.97 Å². The Hall–Kier alpha value is -3.45. The SMILES string of the molecule is C=CN=C/C(=C\N)c1cc2c(cc1O)c(C(=O)OCC)c(CSc1ccccc1)n2C. The van der Waals surface area contributed by atoms with Gasteiger partial charge in [0.05, 0.1) is 12.2 Å². The first-order valence-corrected chi connectivity index (χ1v) is 10.8. The second-order valence-corrected chi connectivity index (χ2v) is 7.72. The summed E-state index contributed by atoms with van der Waals surface area (Å²) in [5.74, 6) is 0.154. The zero-order chi connectivity index (χ0) is 22.4. The fourth-order valence-electron chi connectivity index (χ4n) is 3.36. The molecule has 0 fully saturated rings. The van der Waals surface area contributed by atoms with Gasteiger partial charge in [0.25, 0.3) is 0 Å². The molecule has 0 amide bonds. The van der Waals surface area contributed by atoms with Crippen molar-refractivity contribution in [3.63, 3.8) is 0 Å². The molecule has 0 atom stereocenters. The fraction of sp³-hybridized carbons (Fsp3) is 0.167. The molecule has 0 aliphatic carbocycles. The van der Waals surface area contributed by atoms with Crippen molar-refractivity contribution in [1.82, 2.24) is 4.57 Å².